The predicted molar refractivity (Wildman–Crippen MR) is 78.5 cm³/mol. The fourth-order valence-corrected chi connectivity index (χ4v) is 2.17. The number of rotatable bonds is 4. The minimum Gasteiger partial charge on any atom is -0.508 e. The van der Waals surface area contributed by atoms with E-state index in [2.05, 4.69) is 13.0 Å². The molecule has 1 aliphatic heterocycles. The number of carbonyl (C=O) groups is 1. The Bertz CT molecular complexity index is 479. The van der Waals surface area contributed by atoms with Gasteiger partial charge in [0.2, 0.25) is 0 Å². The first kappa shape index (κ1) is 14.4. The van der Waals surface area contributed by atoms with E-state index in [4.69, 9.17) is 4.74 Å². The number of hydrogen-bond donors (Lipinski definition) is 1. The summed E-state index contributed by atoms with van der Waals surface area (Å²) in [6, 6.07) is 7.16. The Morgan fingerprint density at radius 1 is 1.35 bits per heavy atom. The molecule has 0 aromatic heterocycles. The Morgan fingerprint density at radius 2 is 2.10 bits per heavy atom. The molecule has 0 unspecified atom stereocenters. The van der Waals surface area contributed by atoms with E-state index < -0.39 is 0 Å². The molecule has 1 heterocycles. The first-order chi connectivity index (χ1) is 9.70. The van der Waals surface area contributed by atoms with E-state index in [-0.39, 0.29) is 11.8 Å². The van der Waals surface area contributed by atoms with Gasteiger partial charge in [-0.1, -0.05) is 31.6 Å². The molecule has 0 saturated heterocycles. The molecular formula is C16H21NO3. The molecule has 0 radical (unpaired) electrons. The van der Waals surface area contributed by atoms with Crippen molar-refractivity contribution < 1.29 is 14.6 Å². The molecule has 20 heavy (non-hydrogen) atoms. The van der Waals surface area contributed by atoms with Gasteiger partial charge < -0.3 is 14.7 Å². The van der Waals surface area contributed by atoms with Gasteiger partial charge in [-0.25, -0.2) is 4.79 Å². The summed E-state index contributed by atoms with van der Waals surface area (Å²) in [5.41, 5.74) is 2.31. The Hall–Kier alpha value is -1.97. The highest BCUT2D eigenvalue weighted by Crippen LogP contribution is 2.24. The number of ether oxygens (including phenoxy) is 1. The first-order valence-corrected chi connectivity index (χ1v) is 7.11. The van der Waals surface area contributed by atoms with Gasteiger partial charge in [0.05, 0.1) is 6.61 Å². The number of hydrogen-bond acceptors (Lipinski definition) is 3. The number of phenols is 1. The fourth-order valence-electron chi connectivity index (χ4n) is 2.17. The highest BCUT2D eigenvalue weighted by Gasteiger charge is 2.18. The predicted octanol–water partition coefficient (Wildman–Crippen LogP) is 3.42. The molecule has 1 N–H and O–H groups in total. The van der Waals surface area contributed by atoms with E-state index in [1.165, 1.54) is 5.57 Å². The molecule has 1 aromatic rings. The molecule has 2 rings (SSSR count). The van der Waals surface area contributed by atoms with Crippen LogP contribution in [0.5, 0.6) is 5.75 Å². The van der Waals surface area contributed by atoms with Gasteiger partial charge in [-0.05, 0) is 36.1 Å². The van der Waals surface area contributed by atoms with Crippen LogP contribution in [0.15, 0.2) is 30.3 Å². The maximum Gasteiger partial charge on any atom is 0.410 e. The summed E-state index contributed by atoms with van der Waals surface area (Å²) in [6.45, 7) is 3.83. The third-order valence-electron chi connectivity index (χ3n) is 3.43. The van der Waals surface area contributed by atoms with Gasteiger partial charge in [-0.2, -0.15) is 0 Å². The van der Waals surface area contributed by atoms with Gasteiger partial charge in [0.25, 0.3) is 0 Å². The number of benzene rings is 1. The van der Waals surface area contributed by atoms with E-state index in [0.29, 0.717) is 19.7 Å². The average Bonchev–Trinajstić information content (AvgIpc) is 2.48. The molecule has 0 aliphatic carbocycles. The number of amides is 1. The lowest BCUT2D eigenvalue weighted by Crippen LogP contribution is -2.35. The number of nitrogens with zero attached hydrogens (tertiary/aromatic N) is 1. The molecule has 0 atom stereocenters. The lowest BCUT2D eigenvalue weighted by Gasteiger charge is -2.26. The molecular weight excluding hydrogens is 254 g/mol. The van der Waals surface area contributed by atoms with Crippen molar-refractivity contribution in [3.8, 4) is 5.75 Å². The molecule has 4 nitrogen and oxygen atoms in total. The van der Waals surface area contributed by atoms with Gasteiger partial charge in [-0.3, -0.25) is 0 Å². The van der Waals surface area contributed by atoms with Crippen molar-refractivity contribution in [1.29, 1.82) is 0 Å². The summed E-state index contributed by atoms with van der Waals surface area (Å²) in [5, 5.41) is 9.28. The number of unbranched alkanes of at least 4 members (excludes halogenated alkanes) is 1. The van der Waals surface area contributed by atoms with E-state index in [1.807, 2.05) is 12.1 Å². The average molecular weight is 275 g/mol. The van der Waals surface area contributed by atoms with Crippen LogP contribution in [0.25, 0.3) is 5.57 Å². The Morgan fingerprint density at radius 3 is 2.70 bits per heavy atom. The van der Waals surface area contributed by atoms with Crippen molar-refractivity contribution in [1.82, 2.24) is 4.90 Å². The van der Waals surface area contributed by atoms with Crippen molar-refractivity contribution >= 4 is 11.7 Å². The van der Waals surface area contributed by atoms with Gasteiger partial charge in [0.15, 0.2) is 0 Å². The molecule has 4 heteroatoms. The van der Waals surface area contributed by atoms with Crippen LogP contribution in [0.4, 0.5) is 4.79 Å². The lowest BCUT2D eigenvalue weighted by molar-refractivity contribution is 0.105. The van der Waals surface area contributed by atoms with Crippen LogP contribution in [0.3, 0.4) is 0 Å². The number of aromatic hydroxyl groups is 1. The Kier molecular flexibility index (Phi) is 5.04. The maximum absolute atomic E-state index is 11.8. The summed E-state index contributed by atoms with van der Waals surface area (Å²) in [6.07, 6.45) is 4.58. The standard InChI is InChI=1S/C16H21NO3/c1-2-3-12-20-16(19)17-10-8-14(9-11-17)13-4-6-15(18)7-5-13/h4-8,18H,2-3,9-12H2,1H3. The van der Waals surface area contributed by atoms with Crippen LogP contribution >= 0.6 is 0 Å². The number of carbonyl (C=O) groups excluding carboxylic acids is 1. The second-order valence-corrected chi connectivity index (χ2v) is 4.94. The van der Waals surface area contributed by atoms with Crippen LogP contribution in [-0.2, 0) is 4.74 Å². The minimum atomic E-state index is -0.223. The van der Waals surface area contributed by atoms with Crippen LogP contribution in [0.1, 0.15) is 31.7 Å². The largest absolute Gasteiger partial charge is 0.508 e. The summed E-state index contributed by atoms with van der Waals surface area (Å²) in [4.78, 5) is 13.5. The zero-order chi connectivity index (χ0) is 14.4. The Labute approximate surface area is 119 Å². The van der Waals surface area contributed by atoms with E-state index >= 15 is 0 Å². The van der Waals surface area contributed by atoms with Gasteiger partial charge in [-0.15, -0.1) is 0 Å². The van der Waals surface area contributed by atoms with E-state index in [9.17, 15) is 9.90 Å². The molecule has 0 saturated carbocycles. The van der Waals surface area contributed by atoms with Gasteiger partial charge in [0.1, 0.15) is 5.75 Å². The molecule has 0 fully saturated rings. The lowest BCUT2D eigenvalue weighted by atomic mass is 10.00. The van der Waals surface area contributed by atoms with E-state index in [0.717, 1.165) is 24.8 Å². The topological polar surface area (TPSA) is 49.8 Å². The van der Waals surface area contributed by atoms with Crippen molar-refractivity contribution in [2.24, 2.45) is 0 Å². The first-order valence-electron chi connectivity index (χ1n) is 7.11. The van der Waals surface area contributed by atoms with Crippen LogP contribution in [0.2, 0.25) is 0 Å². The molecule has 0 spiro atoms. The number of phenolic OH excluding ortho intramolecular Hbond substituents is 1. The smallest absolute Gasteiger partial charge is 0.410 e. The molecule has 0 bridgehead atoms. The summed E-state index contributed by atoms with van der Waals surface area (Å²) in [7, 11) is 0. The Balaban J connectivity index is 1.89. The second kappa shape index (κ2) is 6.98. The zero-order valence-corrected chi connectivity index (χ0v) is 11.8. The summed E-state index contributed by atoms with van der Waals surface area (Å²) < 4.78 is 5.20. The molecule has 1 aromatic carbocycles. The molecule has 108 valence electrons. The third kappa shape index (κ3) is 3.76. The van der Waals surface area contributed by atoms with Crippen molar-refractivity contribution in [2.45, 2.75) is 26.2 Å². The van der Waals surface area contributed by atoms with Crippen LogP contribution in [0, 0.1) is 0 Å². The van der Waals surface area contributed by atoms with Crippen molar-refractivity contribution in [3.63, 3.8) is 0 Å². The second-order valence-electron chi connectivity index (χ2n) is 4.94. The van der Waals surface area contributed by atoms with Crippen molar-refractivity contribution in [2.75, 3.05) is 19.7 Å². The minimum absolute atomic E-state index is 0.223. The zero-order valence-electron chi connectivity index (χ0n) is 11.8. The van der Waals surface area contributed by atoms with Gasteiger partial charge in [0, 0.05) is 13.1 Å². The van der Waals surface area contributed by atoms with Gasteiger partial charge >= 0.3 is 6.09 Å². The SMILES string of the molecule is CCCCOC(=O)N1CC=C(c2ccc(O)cc2)CC1. The van der Waals surface area contributed by atoms with Crippen LogP contribution in [-0.4, -0.2) is 35.8 Å². The highest BCUT2D eigenvalue weighted by atomic mass is 16.6. The molecule has 1 aliphatic rings. The van der Waals surface area contributed by atoms with Crippen LogP contribution < -0.4 is 0 Å². The van der Waals surface area contributed by atoms with E-state index in [1.54, 1.807) is 17.0 Å². The third-order valence-corrected chi connectivity index (χ3v) is 3.43. The highest BCUT2D eigenvalue weighted by molar-refractivity contribution is 5.72. The summed E-state index contributed by atoms with van der Waals surface area (Å²) >= 11 is 0. The van der Waals surface area contributed by atoms with Crippen molar-refractivity contribution in [3.05, 3.63) is 35.9 Å². The summed E-state index contributed by atoms with van der Waals surface area (Å²) in [5.74, 6) is 0.270. The molecule has 1 amide bonds. The maximum atomic E-state index is 11.8. The normalized spacial score (nSPS) is 14.8. The monoisotopic (exact) mass is 275 g/mol. The quantitative estimate of drug-likeness (QED) is 0.857. The fraction of sp³-hybridized carbons (Fsp3) is 0.438.